The van der Waals surface area contributed by atoms with Crippen LogP contribution in [-0.4, -0.2) is 26.7 Å². The molecule has 2 N–H and O–H groups in total. The second-order valence-electron chi connectivity index (χ2n) is 1.59. The van der Waals surface area contributed by atoms with Crippen LogP contribution in [0.2, 0.25) is 0 Å². The van der Waals surface area contributed by atoms with E-state index in [1.165, 1.54) is 0 Å². The Labute approximate surface area is 64.1 Å². The van der Waals surface area contributed by atoms with Crippen molar-refractivity contribution in [2.24, 2.45) is 0 Å². The standard InChI is InChI=1S/C4H11N.C3H9NO/c2*1-3-5-4-2/h5H,3-4H2,1-2H3;4H,3H2,1-2H3. The predicted molar refractivity (Wildman–Crippen MR) is 44.9 cm³/mol. The van der Waals surface area contributed by atoms with Gasteiger partial charge in [-0.3, -0.25) is 0 Å². The fraction of sp³-hybridized carbons (Fsp3) is 1.00. The lowest BCUT2D eigenvalue weighted by atomic mass is 10.7. The van der Waals surface area contributed by atoms with Gasteiger partial charge in [-0.05, 0) is 20.0 Å². The summed E-state index contributed by atoms with van der Waals surface area (Å²) in [5, 5.41) is 3.11. The van der Waals surface area contributed by atoms with Crippen molar-refractivity contribution < 1.29 is 4.84 Å². The lowest BCUT2D eigenvalue weighted by Crippen LogP contribution is -2.09. The van der Waals surface area contributed by atoms with E-state index in [0.717, 1.165) is 19.7 Å². The van der Waals surface area contributed by atoms with Gasteiger partial charge in [0.2, 0.25) is 0 Å². The van der Waals surface area contributed by atoms with E-state index in [0.29, 0.717) is 0 Å². The van der Waals surface area contributed by atoms with Gasteiger partial charge < -0.3 is 10.2 Å². The lowest BCUT2D eigenvalue weighted by molar-refractivity contribution is 0.0687. The molecule has 0 atom stereocenters. The molecule has 0 radical (unpaired) electrons. The van der Waals surface area contributed by atoms with Gasteiger partial charge in [-0.2, -0.15) is 0 Å². The van der Waals surface area contributed by atoms with Crippen molar-refractivity contribution >= 4 is 0 Å². The van der Waals surface area contributed by atoms with Gasteiger partial charge in [0.25, 0.3) is 0 Å². The van der Waals surface area contributed by atoms with Crippen molar-refractivity contribution in [1.29, 1.82) is 0 Å². The molecule has 64 valence electrons. The zero-order valence-electron chi connectivity index (χ0n) is 7.53. The third-order valence-corrected chi connectivity index (χ3v) is 0.789. The minimum atomic E-state index is 0.733. The summed E-state index contributed by atoms with van der Waals surface area (Å²) < 4.78 is 0. The molecule has 0 amide bonds. The molecule has 0 fully saturated rings. The Morgan fingerprint density at radius 3 is 1.60 bits per heavy atom. The van der Waals surface area contributed by atoms with Crippen LogP contribution in [-0.2, 0) is 4.84 Å². The smallest absolute Gasteiger partial charge is 0.0653 e. The zero-order valence-corrected chi connectivity index (χ0v) is 7.53. The van der Waals surface area contributed by atoms with Crippen LogP contribution in [0.15, 0.2) is 0 Å². The van der Waals surface area contributed by atoms with Crippen LogP contribution in [0, 0.1) is 0 Å². The summed E-state index contributed by atoms with van der Waals surface area (Å²) >= 11 is 0. The largest absolute Gasteiger partial charge is 0.317 e. The molecule has 3 heteroatoms. The number of nitrogens with one attached hydrogen (secondary N) is 2. The van der Waals surface area contributed by atoms with Crippen LogP contribution in [0.1, 0.15) is 20.8 Å². The van der Waals surface area contributed by atoms with E-state index in [9.17, 15) is 0 Å². The zero-order chi connectivity index (χ0) is 8.24. The van der Waals surface area contributed by atoms with Crippen molar-refractivity contribution in [1.82, 2.24) is 10.8 Å². The second-order valence-corrected chi connectivity index (χ2v) is 1.59. The van der Waals surface area contributed by atoms with Crippen LogP contribution in [0.5, 0.6) is 0 Å². The molecular formula is C7H20N2O. The molecule has 0 unspecified atom stereocenters. The summed E-state index contributed by atoms with van der Waals surface area (Å²) in [6.45, 7) is 9.05. The van der Waals surface area contributed by atoms with E-state index < -0.39 is 0 Å². The Balaban J connectivity index is 0. The van der Waals surface area contributed by atoms with E-state index in [-0.39, 0.29) is 0 Å². The highest BCUT2D eigenvalue weighted by molar-refractivity contribution is 4.27. The maximum atomic E-state index is 4.58. The van der Waals surface area contributed by atoms with Crippen LogP contribution in [0.4, 0.5) is 0 Å². The van der Waals surface area contributed by atoms with Gasteiger partial charge in [0.05, 0.1) is 6.61 Å². The topological polar surface area (TPSA) is 33.3 Å². The van der Waals surface area contributed by atoms with E-state index in [4.69, 9.17) is 0 Å². The van der Waals surface area contributed by atoms with E-state index in [2.05, 4.69) is 29.5 Å². The average Bonchev–Trinajstić information content (AvgIpc) is 1.93. The highest BCUT2D eigenvalue weighted by Gasteiger charge is 1.62. The van der Waals surface area contributed by atoms with Crippen LogP contribution < -0.4 is 10.8 Å². The molecule has 0 rings (SSSR count). The molecule has 0 heterocycles. The molecule has 0 aliphatic heterocycles. The third-order valence-electron chi connectivity index (χ3n) is 0.789. The van der Waals surface area contributed by atoms with Crippen LogP contribution in [0.3, 0.4) is 0 Å². The Morgan fingerprint density at radius 1 is 1.10 bits per heavy atom. The Hall–Kier alpha value is -0.120. The minimum absolute atomic E-state index is 0.733. The SMILES string of the molecule is CCNCC.CCONC. The Morgan fingerprint density at radius 2 is 1.60 bits per heavy atom. The molecule has 0 aromatic heterocycles. The van der Waals surface area contributed by atoms with Crippen molar-refractivity contribution in [3.8, 4) is 0 Å². The highest BCUT2D eigenvalue weighted by atomic mass is 16.6. The molecule has 10 heavy (non-hydrogen) atoms. The molecule has 0 aromatic carbocycles. The molecule has 0 saturated carbocycles. The third kappa shape index (κ3) is 24.8. The van der Waals surface area contributed by atoms with Gasteiger partial charge in [0, 0.05) is 7.05 Å². The Kier molecular flexibility index (Phi) is 20.0. The summed E-state index contributed by atoms with van der Waals surface area (Å²) in [5.41, 5.74) is 2.52. The quantitative estimate of drug-likeness (QED) is 0.578. The maximum absolute atomic E-state index is 4.58. The average molecular weight is 148 g/mol. The summed E-state index contributed by atoms with van der Waals surface area (Å²) in [4.78, 5) is 4.58. The van der Waals surface area contributed by atoms with E-state index >= 15 is 0 Å². The highest BCUT2D eigenvalue weighted by Crippen LogP contribution is 1.53. The van der Waals surface area contributed by atoms with Crippen LogP contribution >= 0.6 is 0 Å². The van der Waals surface area contributed by atoms with Crippen LogP contribution in [0.25, 0.3) is 0 Å². The van der Waals surface area contributed by atoms with Gasteiger partial charge >= 0.3 is 0 Å². The van der Waals surface area contributed by atoms with Gasteiger partial charge in [-0.15, -0.1) is 0 Å². The first-order valence-electron chi connectivity index (χ1n) is 3.82. The summed E-state index contributed by atoms with van der Waals surface area (Å²) in [5.74, 6) is 0. The van der Waals surface area contributed by atoms with Gasteiger partial charge in [-0.25, -0.2) is 5.48 Å². The Bertz CT molecular complexity index is 32.6. The lowest BCUT2D eigenvalue weighted by Gasteiger charge is -1.88. The first-order chi connectivity index (χ1) is 4.83. The summed E-state index contributed by atoms with van der Waals surface area (Å²) in [6.07, 6.45) is 0. The first-order valence-corrected chi connectivity index (χ1v) is 3.82. The fourth-order valence-corrected chi connectivity index (χ4v) is 0.394. The van der Waals surface area contributed by atoms with Gasteiger partial charge in [0.15, 0.2) is 0 Å². The molecular weight excluding hydrogens is 128 g/mol. The molecule has 0 saturated heterocycles. The minimum Gasteiger partial charge on any atom is -0.317 e. The number of rotatable bonds is 4. The normalized spacial score (nSPS) is 8.40. The van der Waals surface area contributed by atoms with Crippen molar-refractivity contribution in [3.63, 3.8) is 0 Å². The van der Waals surface area contributed by atoms with E-state index in [1.54, 1.807) is 7.05 Å². The number of hydroxylamine groups is 1. The molecule has 0 bridgehead atoms. The molecule has 0 spiro atoms. The van der Waals surface area contributed by atoms with Crippen molar-refractivity contribution in [2.75, 3.05) is 26.7 Å². The molecule has 3 nitrogen and oxygen atoms in total. The predicted octanol–water partition coefficient (Wildman–Crippen LogP) is 0.773. The van der Waals surface area contributed by atoms with Crippen molar-refractivity contribution in [3.05, 3.63) is 0 Å². The first kappa shape index (κ1) is 12.5. The number of hydrogen-bond donors (Lipinski definition) is 2. The van der Waals surface area contributed by atoms with Crippen molar-refractivity contribution in [2.45, 2.75) is 20.8 Å². The summed E-state index contributed by atoms with van der Waals surface area (Å²) in [7, 11) is 1.74. The monoisotopic (exact) mass is 148 g/mol. The fourth-order valence-electron chi connectivity index (χ4n) is 0.394. The number of hydrogen-bond acceptors (Lipinski definition) is 3. The maximum Gasteiger partial charge on any atom is 0.0653 e. The van der Waals surface area contributed by atoms with Gasteiger partial charge in [-0.1, -0.05) is 13.8 Å². The summed E-state index contributed by atoms with van der Waals surface area (Å²) in [6, 6.07) is 0. The molecule has 0 aliphatic rings. The molecule has 0 aliphatic carbocycles. The van der Waals surface area contributed by atoms with E-state index in [1.807, 2.05) is 6.92 Å². The molecule has 0 aromatic rings. The second kappa shape index (κ2) is 15.9. The van der Waals surface area contributed by atoms with Gasteiger partial charge in [0.1, 0.15) is 0 Å².